The number of imidazole rings is 1. The molecule has 1 fully saturated rings. The molecule has 0 radical (unpaired) electrons. The quantitative estimate of drug-likeness (QED) is 0.939. The first kappa shape index (κ1) is 12.7. The van der Waals surface area contributed by atoms with E-state index in [0.717, 1.165) is 43.4 Å². The number of benzene rings is 1. The smallest absolute Gasteiger partial charge is 0.194 e. The number of aliphatic imine (C=N–C) groups is 1. The second kappa shape index (κ2) is 5.06. The summed E-state index contributed by atoms with van der Waals surface area (Å²) in [5.41, 5.74) is 2.36. The minimum atomic E-state index is 0.639. The SMILES string of the molecule is CN1CCCN=C1NCc1nc2ccccc2n1C1CC1. The van der Waals surface area contributed by atoms with Crippen LogP contribution in [0.4, 0.5) is 0 Å². The topological polar surface area (TPSA) is 45.4 Å². The Morgan fingerprint density at radius 1 is 1.29 bits per heavy atom. The van der Waals surface area contributed by atoms with Crippen molar-refractivity contribution in [2.75, 3.05) is 20.1 Å². The van der Waals surface area contributed by atoms with Crippen molar-refractivity contribution in [1.82, 2.24) is 19.8 Å². The van der Waals surface area contributed by atoms with E-state index in [2.05, 4.69) is 51.1 Å². The summed E-state index contributed by atoms with van der Waals surface area (Å²) >= 11 is 0. The number of rotatable bonds is 3. The van der Waals surface area contributed by atoms with Gasteiger partial charge in [0.1, 0.15) is 5.82 Å². The van der Waals surface area contributed by atoms with E-state index in [1.165, 1.54) is 18.4 Å². The fraction of sp³-hybridized carbons (Fsp3) is 0.500. The van der Waals surface area contributed by atoms with Crippen LogP contribution in [0.2, 0.25) is 0 Å². The van der Waals surface area contributed by atoms with E-state index in [9.17, 15) is 0 Å². The van der Waals surface area contributed by atoms with Crippen molar-refractivity contribution >= 4 is 17.0 Å². The van der Waals surface area contributed by atoms with Crippen LogP contribution in [0.1, 0.15) is 31.1 Å². The first-order valence-electron chi connectivity index (χ1n) is 7.78. The van der Waals surface area contributed by atoms with E-state index in [4.69, 9.17) is 4.98 Å². The number of guanidine groups is 1. The van der Waals surface area contributed by atoms with Gasteiger partial charge in [-0.25, -0.2) is 4.98 Å². The Morgan fingerprint density at radius 3 is 2.95 bits per heavy atom. The lowest BCUT2D eigenvalue weighted by Crippen LogP contribution is -2.42. The molecular weight excluding hydrogens is 262 g/mol. The van der Waals surface area contributed by atoms with Crippen LogP contribution in [0, 0.1) is 0 Å². The van der Waals surface area contributed by atoms with E-state index in [0.29, 0.717) is 6.04 Å². The number of nitrogens with zero attached hydrogens (tertiary/aromatic N) is 4. The highest BCUT2D eigenvalue weighted by molar-refractivity contribution is 5.80. The van der Waals surface area contributed by atoms with E-state index >= 15 is 0 Å². The minimum Gasteiger partial charge on any atom is -0.349 e. The number of aromatic nitrogens is 2. The predicted molar refractivity (Wildman–Crippen MR) is 84.4 cm³/mol. The number of hydrogen-bond donors (Lipinski definition) is 1. The zero-order chi connectivity index (χ0) is 14.2. The Balaban J connectivity index is 1.61. The summed E-state index contributed by atoms with van der Waals surface area (Å²) in [6, 6.07) is 9.07. The average Bonchev–Trinajstić information content (AvgIpc) is 3.27. The summed E-state index contributed by atoms with van der Waals surface area (Å²) in [6.45, 7) is 2.74. The molecule has 1 aliphatic carbocycles. The molecule has 2 aliphatic rings. The third-order valence-electron chi connectivity index (χ3n) is 4.26. The third-order valence-corrected chi connectivity index (χ3v) is 4.26. The lowest BCUT2D eigenvalue weighted by atomic mass is 10.3. The maximum Gasteiger partial charge on any atom is 0.194 e. The van der Waals surface area contributed by atoms with Gasteiger partial charge in [-0.3, -0.25) is 4.99 Å². The van der Waals surface area contributed by atoms with Gasteiger partial charge in [-0.1, -0.05) is 12.1 Å². The van der Waals surface area contributed by atoms with E-state index in [1.54, 1.807) is 0 Å². The molecular formula is C16H21N5. The van der Waals surface area contributed by atoms with Gasteiger partial charge in [0.15, 0.2) is 5.96 Å². The van der Waals surface area contributed by atoms with Gasteiger partial charge < -0.3 is 14.8 Å². The molecule has 0 bridgehead atoms. The van der Waals surface area contributed by atoms with Gasteiger partial charge in [-0.2, -0.15) is 0 Å². The van der Waals surface area contributed by atoms with Crippen LogP contribution >= 0.6 is 0 Å². The van der Waals surface area contributed by atoms with Crippen LogP contribution < -0.4 is 5.32 Å². The zero-order valence-corrected chi connectivity index (χ0v) is 12.4. The molecule has 4 rings (SSSR count). The Morgan fingerprint density at radius 2 is 2.14 bits per heavy atom. The highest BCUT2D eigenvalue weighted by atomic mass is 15.3. The largest absolute Gasteiger partial charge is 0.349 e. The summed E-state index contributed by atoms with van der Waals surface area (Å²) in [5, 5.41) is 3.46. The molecule has 0 atom stereocenters. The second-order valence-corrected chi connectivity index (χ2v) is 5.95. The number of hydrogen-bond acceptors (Lipinski definition) is 4. The van der Waals surface area contributed by atoms with Gasteiger partial charge in [-0.15, -0.1) is 0 Å². The molecule has 1 aromatic carbocycles. The first-order valence-corrected chi connectivity index (χ1v) is 7.78. The van der Waals surface area contributed by atoms with E-state index in [1.807, 2.05) is 0 Å². The van der Waals surface area contributed by atoms with Crippen LogP contribution in [0.3, 0.4) is 0 Å². The third kappa shape index (κ3) is 2.37. The number of para-hydroxylation sites is 2. The van der Waals surface area contributed by atoms with Crippen LogP contribution in [0.15, 0.2) is 29.3 Å². The molecule has 21 heavy (non-hydrogen) atoms. The molecule has 110 valence electrons. The molecule has 1 aliphatic heterocycles. The molecule has 0 spiro atoms. The highest BCUT2D eigenvalue weighted by Crippen LogP contribution is 2.38. The molecule has 1 aromatic heterocycles. The Labute approximate surface area is 124 Å². The van der Waals surface area contributed by atoms with Gasteiger partial charge in [0.25, 0.3) is 0 Å². The molecule has 5 nitrogen and oxygen atoms in total. The van der Waals surface area contributed by atoms with Crippen LogP contribution in [0.5, 0.6) is 0 Å². The lowest BCUT2D eigenvalue weighted by molar-refractivity contribution is 0.444. The molecule has 2 heterocycles. The van der Waals surface area contributed by atoms with Crippen molar-refractivity contribution in [3.8, 4) is 0 Å². The summed E-state index contributed by atoms with van der Waals surface area (Å²) in [4.78, 5) is 11.6. The Bertz CT molecular complexity index is 683. The van der Waals surface area contributed by atoms with E-state index < -0.39 is 0 Å². The van der Waals surface area contributed by atoms with Gasteiger partial charge in [0.2, 0.25) is 0 Å². The summed E-state index contributed by atoms with van der Waals surface area (Å²) < 4.78 is 2.41. The molecule has 1 saturated carbocycles. The predicted octanol–water partition coefficient (Wildman–Crippen LogP) is 2.15. The van der Waals surface area contributed by atoms with Gasteiger partial charge in [0.05, 0.1) is 17.6 Å². The molecule has 0 unspecified atom stereocenters. The van der Waals surface area contributed by atoms with Gasteiger partial charge in [0, 0.05) is 26.2 Å². The van der Waals surface area contributed by atoms with Crippen molar-refractivity contribution in [2.45, 2.75) is 31.8 Å². The molecule has 0 saturated heterocycles. The fourth-order valence-corrected chi connectivity index (χ4v) is 3.03. The number of fused-ring (bicyclic) bond motifs is 1. The lowest BCUT2D eigenvalue weighted by Gasteiger charge is -2.25. The maximum atomic E-state index is 4.81. The summed E-state index contributed by atoms with van der Waals surface area (Å²) in [5.74, 6) is 2.12. The monoisotopic (exact) mass is 283 g/mol. The zero-order valence-electron chi connectivity index (χ0n) is 12.4. The highest BCUT2D eigenvalue weighted by Gasteiger charge is 2.28. The van der Waals surface area contributed by atoms with Gasteiger partial charge in [-0.05, 0) is 31.4 Å². The van der Waals surface area contributed by atoms with Crippen LogP contribution in [-0.2, 0) is 6.54 Å². The Hall–Kier alpha value is -2.04. The van der Waals surface area contributed by atoms with Crippen LogP contribution in [0.25, 0.3) is 11.0 Å². The van der Waals surface area contributed by atoms with E-state index in [-0.39, 0.29) is 0 Å². The summed E-state index contributed by atoms with van der Waals surface area (Å²) in [6.07, 6.45) is 3.69. The van der Waals surface area contributed by atoms with Gasteiger partial charge >= 0.3 is 0 Å². The van der Waals surface area contributed by atoms with Crippen molar-refractivity contribution in [3.05, 3.63) is 30.1 Å². The van der Waals surface area contributed by atoms with Crippen LogP contribution in [-0.4, -0.2) is 40.5 Å². The van der Waals surface area contributed by atoms with Crippen molar-refractivity contribution in [1.29, 1.82) is 0 Å². The summed E-state index contributed by atoms with van der Waals surface area (Å²) in [7, 11) is 2.09. The molecule has 5 heteroatoms. The van der Waals surface area contributed by atoms with Crippen molar-refractivity contribution < 1.29 is 0 Å². The van der Waals surface area contributed by atoms with Crippen molar-refractivity contribution in [3.63, 3.8) is 0 Å². The standard InChI is InChI=1S/C16H21N5/c1-20-10-4-9-17-16(20)18-11-15-19-13-5-2-3-6-14(13)21(15)12-7-8-12/h2-3,5-6,12H,4,7-11H2,1H3,(H,17,18). The molecule has 2 aromatic rings. The Kier molecular flexibility index (Phi) is 3.05. The maximum absolute atomic E-state index is 4.81. The first-order chi connectivity index (χ1) is 10.3. The van der Waals surface area contributed by atoms with Crippen molar-refractivity contribution in [2.24, 2.45) is 4.99 Å². The average molecular weight is 283 g/mol. The normalized spacial score (nSPS) is 18.9. The molecule has 0 amide bonds. The molecule has 1 N–H and O–H groups in total. The minimum absolute atomic E-state index is 0.639. The number of nitrogens with one attached hydrogen (secondary N) is 1. The second-order valence-electron chi connectivity index (χ2n) is 5.95. The fourth-order valence-electron chi connectivity index (χ4n) is 3.03.